The Bertz CT molecular complexity index is 472. The molecule has 1 atom stereocenters. The van der Waals surface area contributed by atoms with Gasteiger partial charge in [-0.05, 0) is 12.5 Å². The van der Waals surface area contributed by atoms with Gasteiger partial charge in [0.1, 0.15) is 6.04 Å². The molecule has 1 aromatic rings. The normalized spacial score (nSPS) is 17.0. The summed E-state index contributed by atoms with van der Waals surface area (Å²) < 4.78 is 5.33. The predicted octanol–water partition coefficient (Wildman–Crippen LogP) is 0.906. The van der Waals surface area contributed by atoms with Crippen LogP contribution in [0, 0.1) is 0 Å². The molecule has 1 unspecified atom stereocenters. The first-order valence-corrected chi connectivity index (χ1v) is 7.17. The van der Waals surface area contributed by atoms with Crippen molar-refractivity contribution in [3.63, 3.8) is 0 Å². The monoisotopic (exact) mass is 291 g/mol. The first kappa shape index (κ1) is 15.5. The molecule has 0 saturated carbocycles. The Morgan fingerprint density at radius 3 is 2.52 bits per heavy atom. The molecule has 1 fully saturated rings. The van der Waals surface area contributed by atoms with Crippen LogP contribution < -0.4 is 10.6 Å². The van der Waals surface area contributed by atoms with Crippen molar-refractivity contribution in [2.75, 3.05) is 32.8 Å². The van der Waals surface area contributed by atoms with Gasteiger partial charge in [0.2, 0.25) is 5.91 Å². The van der Waals surface area contributed by atoms with Gasteiger partial charge in [-0.1, -0.05) is 30.3 Å². The fraction of sp³-hybridized carbons (Fsp3) is 0.467. The highest BCUT2D eigenvalue weighted by Gasteiger charge is 2.29. The van der Waals surface area contributed by atoms with E-state index >= 15 is 0 Å². The fourth-order valence-electron chi connectivity index (χ4n) is 2.38. The van der Waals surface area contributed by atoms with Crippen molar-refractivity contribution < 1.29 is 14.3 Å². The lowest BCUT2D eigenvalue weighted by atomic mass is 10.0. The van der Waals surface area contributed by atoms with Gasteiger partial charge in [0, 0.05) is 19.6 Å². The Hall–Kier alpha value is -1.92. The van der Waals surface area contributed by atoms with Crippen molar-refractivity contribution >= 4 is 11.9 Å². The lowest BCUT2D eigenvalue weighted by Gasteiger charge is -2.33. The van der Waals surface area contributed by atoms with Gasteiger partial charge in [0.05, 0.1) is 13.2 Å². The summed E-state index contributed by atoms with van der Waals surface area (Å²) >= 11 is 0. The number of amides is 3. The molecular formula is C15H21N3O3. The number of hydrogen-bond acceptors (Lipinski definition) is 4. The van der Waals surface area contributed by atoms with Gasteiger partial charge >= 0.3 is 6.03 Å². The molecule has 21 heavy (non-hydrogen) atoms. The van der Waals surface area contributed by atoms with Crippen molar-refractivity contribution in [2.24, 2.45) is 0 Å². The molecule has 1 saturated heterocycles. The van der Waals surface area contributed by atoms with Crippen LogP contribution in [0.2, 0.25) is 0 Å². The highest BCUT2D eigenvalue weighted by Crippen LogP contribution is 2.21. The molecule has 1 heterocycles. The molecular weight excluding hydrogens is 270 g/mol. The molecule has 2 N–H and O–H groups in total. The number of nitrogens with one attached hydrogen (secondary N) is 2. The summed E-state index contributed by atoms with van der Waals surface area (Å²) in [5, 5.41) is 4.98. The van der Waals surface area contributed by atoms with Crippen molar-refractivity contribution in [3.05, 3.63) is 35.9 Å². The van der Waals surface area contributed by atoms with E-state index in [9.17, 15) is 9.59 Å². The second-order valence-corrected chi connectivity index (χ2v) is 4.81. The summed E-state index contributed by atoms with van der Waals surface area (Å²) in [6, 6.07) is 8.55. The largest absolute Gasteiger partial charge is 0.379 e. The standard InChI is InChI=1S/C15H21N3O3/c1-2-16-15(20)17-14(19)13(12-6-4-3-5-7-12)18-8-10-21-11-9-18/h3-7,13H,2,8-11H2,1H3,(H2,16,17,19,20). The number of ether oxygens (including phenoxy) is 1. The fourth-order valence-corrected chi connectivity index (χ4v) is 2.38. The Morgan fingerprint density at radius 2 is 1.90 bits per heavy atom. The molecule has 114 valence electrons. The van der Waals surface area contributed by atoms with E-state index in [1.807, 2.05) is 35.2 Å². The summed E-state index contributed by atoms with van der Waals surface area (Å²) in [6.07, 6.45) is 0. The quantitative estimate of drug-likeness (QED) is 0.865. The zero-order chi connectivity index (χ0) is 15.1. The van der Waals surface area contributed by atoms with E-state index in [1.165, 1.54) is 0 Å². The average molecular weight is 291 g/mol. The van der Waals surface area contributed by atoms with Crippen LogP contribution in [0.25, 0.3) is 0 Å². The van der Waals surface area contributed by atoms with Crippen molar-refractivity contribution in [1.82, 2.24) is 15.5 Å². The summed E-state index contributed by atoms with van der Waals surface area (Å²) in [5.74, 6) is -0.311. The van der Waals surface area contributed by atoms with Crippen LogP contribution in [0.4, 0.5) is 4.79 Å². The lowest BCUT2D eigenvalue weighted by molar-refractivity contribution is -0.127. The Morgan fingerprint density at radius 1 is 1.24 bits per heavy atom. The van der Waals surface area contributed by atoms with Crippen LogP contribution >= 0.6 is 0 Å². The van der Waals surface area contributed by atoms with Crippen LogP contribution in [0.1, 0.15) is 18.5 Å². The summed E-state index contributed by atoms with van der Waals surface area (Å²) in [6.45, 7) is 4.81. The molecule has 6 heteroatoms. The highest BCUT2D eigenvalue weighted by molar-refractivity contribution is 5.97. The van der Waals surface area contributed by atoms with E-state index in [1.54, 1.807) is 6.92 Å². The number of benzene rings is 1. The zero-order valence-electron chi connectivity index (χ0n) is 12.2. The van der Waals surface area contributed by atoms with Gasteiger partial charge in [-0.25, -0.2) is 4.79 Å². The minimum absolute atomic E-state index is 0.311. The molecule has 1 aliphatic rings. The van der Waals surface area contributed by atoms with E-state index in [-0.39, 0.29) is 5.91 Å². The molecule has 0 bridgehead atoms. The number of morpholine rings is 1. The third kappa shape index (κ3) is 4.27. The topological polar surface area (TPSA) is 70.7 Å². The molecule has 0 spiro atoms. The predicted molar refractivity (Wildman–Crippen MR) is 78.8 cm³/mol. The summed E-state index contributed by atoms with van der Waals surface area (Å²) in [5.41, 5.74) is 0.876. The van der Waals surface area contributed by atoms with Gasteiger partial charge in [0.15, 0.2) is 0 Å². The van der Waals surface area contributed by atoms with Crippen molar-refractivity contribution in [1.29, 1.82) is 0 Å². The maximum atomic E-state index is 12.5. The third-order valence-corrected chi connectivity index (χ3v) is 3.35. The second kappa shape index (κ2) is 7.75. The van der Waals surface area contributed by atoms with E-state index in [0.29, 0.717) is 32.8 Å². The number of nitrogens with zero attached hydrogens (tertiary/aromatic N) is 1. The molecule has 2 rings (SSSR count). The smallest absolute Gasteiger partial charge is 0.321 e. The number of carbonyl (C=O) groups excluding carboxylic acids is 2. The van der Waals surface area contributed by atoms with Gasteiger partial charge in [-0.3, -0.25) is 15.0 Å². The van der Waals surface area contributed by atoms with E-state index in [4.69, 9.17) is 4.74 Å². The molecule has 0 radical (unpaired) electrons. The van der Waals surface area contributed by atoms with Crippen LogP contribution in [-0.2, 0) is 9.53 Å². The van der Waals surface area contributed by atoms with Gasteiger partial charge < -0.3 is 10.1 Å². The average Bonchev–Trinajstić information content (AvgIpc) is 2.50. The first-order chi connectivity index (χ1) is 10.2. The lowest BCUT2D eigenvalue weighted by Crippen LogP contribution is -2.49. The minimum Gasteiger partial charge on any atom is -0.379 e. The summed E-state index contributed by atoms with van der Waals surface area (Å²) in [4.78, 5) is 26.1. The third-order valence-electron chi connectivity index (χ3n) is 3.35. The Balaban J connectivity index is 2.15. The first-order valence-electron chi connectivity index (χ1n) is 7.17. The molecule has 0 aromatic heterocycles. The Labute approximate surface area is 124 Å². The van der Waals surface area contributed by atoms with E-state index < -0.39 is 12.1 Å². The van der Waals surface area contributed by atoms with Gasteiger partial charge in [0.25, 0.3) is 0 Å². The molecule has 6 nitrogen and oxygen atoms in total. The van der Waals surface area contributed by atoms with E-state index in [2.05, 4.69) is 10.6 Å². The maximum absolute atomic E-state index is 12.5. The SMILES string of the molecule is CCNC(=O)NC(=O)C(c1ccccc1)N1CCOCC1. The Kier molecular flexibility index (Phi) is 5.71. The number of rotatable bonds is 4. The van der Waals surface area contributed by atoms with Crippen LogP contribution in [0.3, 0.4) is 0 Å². The number of urea groups is 1. The number of carbonyl (C=O) groups is 2. The van der Waals surface area contributed by atoms with E-state index in [0.717, 1.165) is 5.56 Å². The molecule has 3 amide bonds. The number of hydrogen-bond donors (Lipinski definition) is 2. The minimum atomic E-state index is -0.474. The maximum Gasteiger partial charge on any atom is 0.321 e. The zero-order valence-corrected chi connectivity index (χ0v) is 12.2. The molecule has 0 aliphatic carbocycles. The van der Waals surface area contributed by atoms with Crippen molar-refractivity contribution in [2.45, 2.75) is 13.0 Å². The second-order valence-electron chi connectivity index (χ2n) is 4.81. The van der Waals surface area contributed by atoms with Crippen molar-refractivity contribution in [3.8, 4) is 0 Å². The van der Waals surface area contributed by atoms with Gasteiger partial charge in [-0.2, -0.15) is 0 Å². The van der Waals surface area contributed by atoms with Crippen LogP contribution in [-0.4, -0.2) is 49.7 Å². The van der Waals surface area contributed by atoms with Gasteiger partial charge in [-0.15, -0.1) is 0 Å². The summed E-state index contributed by atoms with van der Waals surface area (Å²) in [7, 11) is 0. The molecule has 1 aliphatic heterocycles. The number of imide groups is 1. The van der Waals surface area contributed by atoms with Crippen LogP contribution in [0.5, 0.6) is 0 Å². The molecule has 1 aromatic carbocycles. The highest BCUT2D eigenvalue weighted by atomic mass is 16.5. The van der Waals surface area contributed by atoms with Crippen LogP contribution in [0.15, 0.2) is 30.3 Å².